The average molecular weight is 459 g/mol. The van der Waals surface area contributed by atoms with Crippen LogP contribution in [-0.4, -0.2) is 18.1 Å². The van der Waals surface area contributed by atoms with Crippen molar-refractivity contribution in [2.24, 2.45) is 0 Å². The summed E-state index contributed by atoms with van der Waals surface area (Å²) in [6.45, 7) is 4.73. The molecule has 0 radical (unpaired) electrons. The van der Waals surface area contributed by atoms with E-state index >= 15 is 0 Å². The largest absolute Gasteiger partial charge is 0.453 e. The summed E-state index contributed by atoms with van der Waals surface area (Å²) in [4.78, 5) is 0. The Kier molecular flexibility index (Phi) is 5.10. The summed E-state index contributed by atoms with van der Waals surface area (Å²) in [6.07, 6.45) is 0. The third-order valence-electron chi connectivity index (χ3n) is 6.85. The van der Waals surface area contributed by atoms with Crippen LogP contribution in [0.2, 0.25) is 13.1 Å². The first-order valence-electron chi connectivity index (χ1n) is 11.7. The molecule has 0 saturated heterocycles. The van der Waals surface area contributed by atoms with Crippen LogP contribution in [0.25, 0.3) is 43.1 Å². The van der Waals surface area contributed by atoms with Crippen LogP contribution in [0.5, 0.6) is 0 Å². The number of hydrogen-bond acceptors (Lipinski definition) is 1. The van der Waals surface area contributed by atoms with Gasteiger partial charge in [0.2, 0.25) is 0 Å². The Labute approximate surface area is 197 Å². The molecule has 0 amide bonds. The monoisotopic (exact) mass is 458 g/mol. The van der Waals surface area contributed by atoms with Gasteiger partial charge in [-0.05, 0) is 78.7 Å². The molecule has 0 heterocycles. The first kappa shape index (κ1) is 20.4. The molecule has 6 rings (SSSR count). The van der Waals surface area contributed by atoms with Crippen LogP contribution in [0.15, 0.2) is 109 Å². The lowest BCUT2D eigenvalue weighted by Gasteiger charge is -2.23. The van der Waals surface area contributed by atoms with E-state index in [0.29, 0.717) is 0 Å². The molecular weight excluding hydrogens is 433 g/mol. The smallest absolute Gasteiger partial charge is 0.193 e. The third kappa shape index (κ3) is 3.49. The van der Waals surface area contributed by atoms with Crippen LogP contribution >= 0.6 is 0 Å². The standard InChI is InChI=1S/C30H26OSi2/c1-32(29-25-15-7-3-11-21(25)19-22-12-4-8-16-26(22)29)31-33(2)30-27-17-9-5-13-23(27)20-24-14-6-10-18-28(24)30/h3-20,32-33H,1-2H3. The van der Waals surface area contributed by atoms with Gasteiger partial charge in [0.05, 0.1) is 0 Å². The van der Waals surface area contributed by atoms with Gasteiger partial charge in [0, 0.05) is 0 Å². The Balaban J connectivity index is 1.51. The highest BCUT2D eigenvalue weighted by atomic mass is 28.4. The van der Waals surface area contributed by atoms with Gasteiger partial charge >= 0.3 is 0 Å². The molecule has 2 atom stereocenters. The van der Waals surface area contributed by atoms with Gasteiger partial charge < -0.3 is 4.12 Å². The molecular formula is C30H26OSi2. The SMILES string of the molecule is C[SiH](O[SiH](C)c1c2ccccc2cc2ccccc12)c1c2ccccc2cc2ccccc12. The molecule has 0 N–H and O–H groups in total. The molecule has 33 heavy (non-hydrogen) atoms. The molecule has 0 saturated carbocycles. The zero-order chi connectivity index (χ0) is 22.4. The lowest BCUT2D eigenvalue weighted by atomic mass is 10.0. The quantitative estimate of drug-likeness (QED) is 0.228. The third-order valence-corrected chi connectivity index (χ3v) is 13.0. The zero-order valence-corrected chi connectivity index (χ0v) is 21.3. The molecule has 0 spiro atoms. The zero-order valence-electron chi connectivity index (χ0n) is 19.0. The van der Waals surface area contributed by atoms with Crippen molar-refractivity contribution in [3.63, 3.8) is 0 Å². The molecule has 0 aliphatic heterocycles. The fourth-order valence-electron chi connectivity index (χ4n) is 5.42. The van der Waals surface area contributed by atoms with Gasteiger partial charge in [0.15, 0.2) is 18.1 Å². The second kappa shape index (κ2) is 8.27. The molecule has 160 valence electrons. The predicted octanol–water partition coefficient (Wildman–Crippen LogP) is 6.14. The van der Waals surface area contributed by atoms with Crippen molar-refractivity contribution in [1.82, 2.24) is 0 Å². The second-order valence-corrected chi connectivity index (χ2v) is 13.7. The van der Waals surface area contributed by atoms with Gasteiger partial charge in [-0.1, -0.05) is 97.1 Å². The van der Waals surface area contributed by atoms with Crippen LogP contribution in [0.1, 0.15) is 0 Å². The topological polar surface area (TPSA) is 9.23 Å². The maximum atomic E-state index is 7.13. The molecule has 0 aromatic heterocycles. The summed E-state index contributed by atoms with van der Waals surface area (Å²) in [5.41, 5.74) is 0. The highest BCUT2D eigenvalue weighted by Gasteiger charge is 2.22. The van der Waals surface area contributed by atoms with Crippen molar-refractivity contribution in [2.45, 2.75) is 13.1 Å². The van der Waals surface area contributed by atoms with E-state index in [1.165, 1.54) is 53.5 Å². The van der Waals surface area contributed by atoms with Crippen LogP contribution < -0.4 is 10.4 Å². The van der Waals surface area contributed by atoms with E-state index < -0.39 is 18.1 Å². The van der Waals surface area contributed by atoms with E-state index in [-0.39, 0.29) is 0 Å². The van der Waals surface area contributed by atoms with E-state index in [1.54, 1.807) is 0 Å². The summed E-state index contributed by atoms with van der Waals surface area (Å²) in [5, 5.41) is 13.5. The maximum absolute atomic E-state index is 7.13. The molecule has 6 aromatic carbocycles. The normalized spacial score (nSPS) is 13.6. The minimum atomic E-state index is -1.69. The van der Waals surface area contributed by atoms with Crippen LogP contribution in [0.4, 0.5) is 0 Å². The molecule has 0 aliphatic carbocycles. The fraction of sp³-hybridized carbons (Fsp3) is 0.0667. The highest BCUT2D eigenvalue weighted by molar-refractivity contribution is 6.83. The van der Waals surface area contributed by atoms with Gasteiger partial charge in [-0.3, -0.25) is 0 Å². The number of hydrogen-bond donors (Lipinski definition) is 0. The molecule has 0 aliphatic rings. The van der Waals surface area contributed by atoms with Gasteiger partial charge in [0.25, 0.3) is 0 Å². The predicted molar refractivity (Wildman–Crippen MR) is 149 cm³/mol. The lowest BCUT2D eigenvalue weighted by Crippen LogP contribution is -2.42. The van der Waals surface area contributed by atoms with Crippen molar-refractivity contribution in [1.29, 1.82) is 0 Å². The van der Waals surface area contributed by atoms with E-state index in [4.69, 9.17) is 4.12 Å². The van der Waals surface area contributed by atoms with Gasteiger partial charge in [-0.2, -0.15) is 0 Å². The van der Waals surface area contributed by atoms with Crippen LogP contribution in [0.3, 0.4) is 0 Å². The highest BCUT2D eigenvalue weighted by Crippen LogP contribution is 2.24. The molecule has 0 bridgehead atoms. The summed E-state index contributed by atoms with van der Waals surface area (Å²) >= 11 is 0. The molecule has 2 unspecified atom stereocenters. The van der Waals surface area contributed by atoms with E-state index in [0.717, 1.165) is 0 Å². The van der Waals surface area contributed by atoms with Crippen molar-refractivity contribution in [3.8, 4) is 0 Å². The van der Waals surface area contributed by atoms with Crippen LogP contribution in [-0.2, 0) is 4.12 Å². The first-order valence-corrected chi connectivity index (χ1v) is 16.1. The summed E-state index contributed by atoms with van der Waals surface area (Å²) in [7, 11) is -3.38. The molecule has 1 nitrogen and oxygen atoms in total. The number of benzene rings is 6. The van der Waals surface area contributed by atoms with Gasteiger partial charge in [-0.15, -0.1) is 0 Å². The van der Waals surface area contributed by atoms with Crippen molar-refractivity contribution in [3.05, 3.63) is 109 Å². The average Bonchev–Trinajstić information content (AvgIpc) is 2.85. The number of rotatable bonds is 4. The Bertz CT molecular complexity index is 1410. The van der Waals surface area contributed by atoms with Crippen LogP contribution in [0, 0.1) is 0 Å². The van der Waals surface area contributed by atoms with E-state index in [2.05, 4.69) is 122 Å². The fourth-order valence-corrected chi connectivity index (χ4v) is 11.8. The van der Waals surface area contributed by atoms with Gasteiger partial charge in [0.1, 0.15) is 0 Å². The van der Waals surface area contributed by atoms with E-state index in [9.17, 15) is 0 Å². The van der Waals surface area contributed by atoms with Crippen molar-refractivity contribution in [2.75, 3.05) is 0 Å². The van der Waals surface area contributed by atoms with Gasteiger partial charge in [-0.25, -0.2) is 0 Å². The summed E-state index contributed by atoms with van der Waals surface area (Å²) < 4.78 is 7.13. The lowest BCUT2D eigenvalue weighted by molar-refractivity contribution is 0.622. The molecule has 0 fully saturated rings. The first-order chi connectivity index (χ1) is 16.2. The summed E-state index contributed by atoms with van der Waals surface area (Å²) in [6, 6.07) is 39.8. The Morgan fingerprint density at radius 1 is 0.424 bits per heavy atom. The Morgan fingerprint density at radius 2 is 0.697 bits per heavy atom. The Hall–Kier alpha value is -3.25. The Morgan fingerprint density at radius 3 is 1.00 bits per heavy atom. The summed E-state index contributed by atoms with van der Waals surface area (Å²) in [5.74, 6) is 0. The minimum absolute atomic E-state index is 1.30. The number of fused-ring (bicyclic) bond motifs is 4. The van der Waals surface area contributed by atoms with Crippen molar-refractivity contribution < 1.29 is 4.12 Å². The van der Waals surface area contributed by atoms with E-state index in [1.807, 2.05) is 0 Å². The van der Waals surface area contributed by atoms with Crippen molar-refractivity contribution >= 4 is 71.5 Å². The molecule has 6 aromatic rings. The maximum Gasteiger partial charge on any atom is 0.193 e. The molecule has 3 heteroatoms. The minimum Gasteiger partial charge on any atom is -0.453 e. The second-order valence-electron chi connectivity index (χ2n) is 8.89.